The topological polar surface area (TPSA) is 30.0 Å². The van der Waals surface area contributed by atoms with Crippen molar-refractivity contribution >= 4 is 5.78 Å². The molecule has 72 valence electrons. The van der Waals surface area contributed by atoms with Crippen molar-refractivity contribution in [2.75, 3.05) is 0 Å². The maximum absolute atomic E-state index is 11.6. The van der Waals surface area contributed by atoms with Crippen LogP contribution in [0.3, 0.4) is 0 Å². The van der Waals surface area contributed by atoms with E-state index in [1.807, 2.05) is 19.9 Å². The first kappa shape index (κ1) is 10.5. The number of hydrogen-bond acceptors (Lipinski definition) is 2. The molecule has 0 aromatic carbocycles. The lowest BCUT2D eigenvalue weighted by molar-refractivity contribution is 0.0979. The van der Waals surface area contributed by atoms with Crippen molar-refractivity contribution in [3.63, 3.8) is 0 Å². The van der Waals surface area contributed by atoms with Crippen molar-refractivity contribution in [1.29, 1.82) is 0 Å². The van der Waals surface area contributed by atoms with Gasteiger partial charge in [-0.2, -0.15) is 0 Å². The summed E-state index contributed by atoms with van der Waals surface area (Å²) in [4.78, 5) is 15.7. The highest BCUT2D eigenvalue weighted by Gasteiger charge is 2.09. The predicted octanol–water partition coefficient (Wildman–Crippen LogP) is 2.29. The number of carbonyl (C=O) groups excluding carboxylic acids is 1. The van der Waals surface area contributed by atoms with Gasteiger partial charge in [0.2, 0.25) is 0 Å². The van der Waals surface area contributed by atoms with Crippen molar-refractivity contribution < 1.29 is 4.79 Å². The second kappa shape index (κ2) is 4.57. The second-order valence-electron chi connectivity index (χ2n) is 3.31. The van der Waals surface area contributed by atoms with Crippen molar-refractivity contribution in [2.45, 2.75) is 26.7 Å². The highest BCUT2D eigenvalue weighted by atomic mass is 16.1. The molecule has 0 unspecified atom stereocenters. The van der Waals surface area contributed by atoms with E-state index in [1.165, 1.54) is 0 Å². The molecule has 0 N–H and O–H groups in total. The lowest BCUT2D eigenvalue weighted by Gasteiger charge is -2.03. The molecule has 14 heavy (non-hydrogen) atoms. The number of carbonyl (C=O) groups is 1. The molecule has 0 saturated heterocycles. The Balaban J connectivity index is 2.86. The molecule has 0 saturated carbocycles. The zero-order chi connectivity index (χ0) is 10.6. The molecule has 0 radical (unpaired) electrons. The average Bonchev–Trinajstić information content (AvgIpc) is 2.14. The van der Waals surface area contributed by atoms with Crippen LogP contribution in [0.15, 0.2) is 12.3 Å². The summed E-state index contributed by atoms with van der Waals surface area (Å²) in [6.45, 7) is 3.85. The average molecular weight is 187 g/mol. The maximum Gasteiger partial charge on any atom is 0.182 e. The molecule has 2 heteroatoms. The zero-order valence-corrected chi connectivity index (χ0v) is 8.50. The summed E-state index contributed by atoms with van der Waals surface area (Å²) in [5.74, 6) is 2.48. The van der Waals surface area contributed by atoms with Crippen LogP contribution < -0.4 is 0 Å². The van der Waals surface area contributed by atoms with Gasteiger partial charge in [-0.05, 0) is 25.0 Å². The Labute approximate surface area is 84.4 Å². The van der Waals surface area contributed by atoms with E-state index < -0.39 is 0 Å². The fourth-order valence-corrected chi connectivity index (χ4v) is 1.31. The van der Waals surface area contributed by atoms with Crippen LogP contribution in [0.1, 0.15) is 34.5 Å². The van der Waals surface area contributed by atoms with E-state index in [2.05, 4.69) is 10.9 Å². The van der Waals surface area contributed by atoms with Gasteiger partial charge < -0.3 is 0 Å². The molecule has 0 aliphatic heterocycles. The monoisotopic (exact) mass is 187 g/mol. The van der Waals surface area contributed by atoms with Gasteiger partial charge in [-0.3, -0.25) is 9.78 Å². The molecular formula is C12H13NO. The first-order chi connectivity index (χ1) is 6.65. The highest BCUT2D eigenvalue weighted by Crippen LogP contribution is 2.09. The highest BCUT2D eigenvalue weighted by molar-refractivity contribution is 5.95. The molecule has 1 aromatic rings. The SMILES string of the molecule is C#CCCC(=O)c1ncc(C)cc1C. The molecule has 2 nitrogen and oxygen atoms in total. The number of terminal acetylenes is 1. The van der Waals surface area contributed by atoms with Crippen LogP contribution in [0.2, 0.25) is 0 Å². The van der Waals surface area contributed by atoms with Gasteiger partial charge in [-0.15, -0.1) is 12.3 Å². The minimum absolute atomic E-state index is 0.0282. The first-order valence-electron chi connectivity index (χ1n) is 4.55. The lowest BCUT2D eigenvalue weighted by Crippen LogP contribution is -2.04. The van der Waals surface area contributed by atoms with Crippen molar-refractivity contribution in [2.24, 2.45) is 0 Å². The Bertz CT molecular complexity index is 388. The third kappa shape index (κ3) is 2.43. The number of pyridine rings is 1. The zero-order valence-electron chi connectivity index (χ0n) is 8.50. The van der Waals surface area contributed by atoms with E-state index in [4.69, 9.17) is 6.42 Å². The predicted molar refractivity (Wildman–Crippen MR) is 56.1 cm³/mol. The van der Waals surface area contributed by atoms with E-state index in [0.717, 1.165) is 11.1 Å². The first-order valence-corrected chi connectivity index (χ1v) is 4.55. The molecule has 0 fully saturated rings. The van der Waals surface area contributed by atoms with Crippen LogP contribution in [-0.2, 0) is 0 Å². The minimum Gasteiger partial charge on any atom is -0.292 e. The van der Waals surface area contributed by atoms with Crippen LogP contribution in [-0.4, -0.2) is 10.8 Å². The van der Waals surface area contributed by atoms with E-state index in [9.17, 15) is 4.79 Å². The normalized spacial score (nSPS) is 9.50. The van der Waals surface area contributed by atoms with Gasteiger partial charge in [0.25, 0.3) is 0 Å². The fourth-order valence-electron chi connectivity index (χ4n) is 1.31. The number of nitrogens with zero attached hydrogens (tertiary/aromatic N) is 1. The largest absolute Gasteiger partial charge is 0.292 e. The molecule has 0 spiro atoms. The molecule has 0 aliphatic rings. The van der Waals surface area contributed by atoms with Crippen LogP contribution in [0.25, 0.3) is 0 Å². The third-order valence-corrected chi connectivity index (χ3v) is 1.98. The molecule has 0 aliphatic carbocycles. The number of aryl methyl sites for hydroxylation is 2. The van der Waals surface area contributed by atoms with Gasteiger partial charge in [-0.1, -0.05) is 6.07 Å². The minimum atomic E-state index is 0.0282. The van der Waals surface area contributed by atoms with Gasteiger partial charge in [0.1, 0.15) is 5.69 Å². The number of aromatic nitrogens is 1. The van der Waals surface area contributed by atoms with Crippen LogP contribution >= 0.6 is 0 Å². The molecular weight excluding hydrogens is 174 g/mol. The second-order valence-corrected chi connectivity index (χ2v) is 3.31. The summed E-state index contributed by atoms with van der Waals surface area (Å²) in [6, 6.07) is 1.95. The maximum atomic E-state index is 11.6. The summed E-state index contributed by atoms with van der Waals surface area (Å²) >= 11 is 0. The smallest absolute Gasteiger partial charge is 0.182 e. The summed E-state index contributed by atoms with van der Waals surface area (Å²) in [7, 11) is 0. The number of rotatable bonds is 3. The lowest BCUT2D eigenvalue weighted by atomic mass is 10.1. The number of Topliss-reactive ketones (excluding diaryl/α,β-unsaturated/α-hetero) is 1. The number of hydrogen-bond donors (Lipinski definition) is 0. The Kier molecular flexibility index (Phi) is 3.41. The Morgan fingerprint density at radius 2 is 2.29 bits per heavy atom. The molecule has 1 heterocycles. The quantitative estimate of drug-likeness (QED) is 0.537. The van der Waals surface area contributed by atoms with Gasteiger partial charge in [0.15, 0.2) is 5.78 Å². The molecule has 0 amide bonds. The van der Waals surface area contributed by atoms with E-state index in [-0.39, 0.29) is 5.78 Å². The van der Waals surface area contributed by atoms with E-state index >= 15 is 0 Å². The van der Waals surface area contributed by atoms with Crippen LogP contribution in [0, 0.1) is 26.2 Å². The summed E-state index contributed by atoms with van der Waals surface area (Å²) in [5.41, 5.74) is 2.54. The van der Waals surface area contributed by atoms with Gasteiger partial charge in [0, 0.05) is 19.0 Å². The summed E-state index contributed by atoms with van der Waals surface area (Å²) < 4.78 is 0. The molecule has 1 aromatic heterocycles. The van der Waals surface area contributed by atoms with Crippen LogP contribution in [0.5, 0.6) is 0 Å². The Hall–Kier alpha value is -1.62. The van der Waals surface area contributed by atoms with Crippen molar-refractivity contribution in [3.05, 3.63) is 29.1 Å². The summed E-state index contributed by atoms with van der Waals surface area (Å²) in [5, 5.41) is 0. The van der Waals surface area contributed by atoms with Crippen LogP contribution in [0.4, 0.5) is 0 Å². The van der Waals surface area contributed by atoms with Gasteiger partial charge in [-0.25, -0.2) is 0 Å². The number of ketones is 1. The third-order valence-electron chi connectivity index (χ3n) is 1.98. The summed E-state index contributed by atoms with van der Waals surface area (Å²) in [6.07, 6.45) is 7.66. The van der Waals surface area contributed by atoms with E-state index in [1.54, 1.807) is 6.20 Å². The van der Waals surface area contributed by atoms with E-state index in [0.29, 0.717) is 18.5 Å². The fraction of sp³-hybridized carbons (Fsp3) is 0.333. The Morgan fingerprint density at radius 1 is 1.57 bits per heavy atom. The van der Waals surface area contributed by atoms with Gasteiger partial charge in [0.05, 0.1) is 0 Å². The van der Waals surface area contributed by atoms with Crippen molar-refractivity contribution in [1.82, 2.24) is 4.98 Å². The van der Waals surface area contributed by atoms with Crippen molar-refractivity contribution in [3.8, 4) is 12.3 Å². The molecule has 0 atom stereocenters. The molecule has 1 rings (SSSR count). The van der Waals surface area contributed by atoms with Gasteiger partial charge >= 0.3 is 0 Å². The molecule has 0 bridgehead atoms. The standard InChI is InChI=1S/C12H13NO/c1-4-5-6-11(14)12-10(3)7-9(2)8-13-12/h1,7-8H,5-6H2,2-3H3. The Morgan fingerprint density at radius 3 is 2.86 bits per heavy atom.